The van der Waals surface area contributed by atoms with Crippen molar-refractivity contribution >= 4 is 22.3 Å². The smallest absolute Gasteiger partial charge is 0.339 e. The lowest BCUT2D eigenvalue weighted by atomic mass is 10.2. The number of rotatable bonds is 2. The van der Waals surface area contributed by atoms with E-state index in [1.54, 1.807) is 5.38 Å². The Labute approximate surface area is 75.4 Å². The van der Waals surface area contributed by atoms with E-state index in [0.29, 0.717) is 5.56 Å². The van der Waals surface area contributed by atoms with Crippen LogP contribution in [-0.2, 0) is 4.74 Å². The third kappa shape index (κ3) is 1.43. The van der Waals surface area contributed by atoms with Gasteiger partial charge in [0.2, 0.25) is 0 Å². The molecule has 1 aromatic heterocycles. The maximum atomic E-state index is 11.1. The van der Waals surface area contributed by atoms with Crippen LogP contribution in [0.4, 0.5) is 5.00 Å². The predicted molar refractivity (Wildman–Crippen MR) is 49.9 cm³/mol. The molecule has 0 radical (unpaired) electrons. The lowest BCUT2D eigenvalue weighted by Crippen LogP contribution is -2.01. The molecule has 0 bridgehead atoms. The fraction of sp³-hybridized carbons (Fsp3) is 0.375. The topological polar surface area (TPSA) is 38.3 Å². The second kappa shape index (κ2) is 3.58. The Balaban J connectivity index is 3.02. The molecule has 3 nitrogen and oxygen atoms in total. The van der Waals surface area contributed by atoms with Crippen LogP contribution in [0, 0.1) is 6.92 Å². The first-order valence-corrected chi connectivity index (χ1v) is 4.42. The number of methoxy groups -OCH3 is 1. The van der Waals surface area contributed by atoms with Crippen LogP contribution < -0.4 is 5.32 Å². The lowest BCUT2D eigenvalue weighted by Gasteiger charge is -1.98. The SMILES string of the molecule is CNc1scc(C(=O)OC)c1C. The Kier molecular flexibility index (Phi) is 2.70. The maximum Gasteiger partial charge on any atom is 0.339 e. The molecule has 1 heterocycles. The van der Waals surface area contributed by atoms with Crippen molar-refractivity contribution in [2.75, 3.05) is 19.5 Å². The Morgan fingerprint density at radius 2 is 2.33 bits per heavy atom. The fourth-order valence-corrected chi connectivity index (χ4v) is 1.89. The summed E-state index contributed by atoms with van der Waals surface area (Å²) in [6, 6.07) is 0. The van der Waals surface area contributed by atoms with E-state index in [1.807, 2.05) is 14.0 Å². The van der Waals surface area contributed by atoms with Crippen LogP contribution in [0.5, 0.6) is 0 Å². The van der Waals surface area contributed by atoms with Gasteiger partial charge in [0, 0.05) is 12.4 Å². The molecule has 0 aliphatic carbocycles. The van der Waals surface area contributed by atoms with E-state index in [2.05, 4.69) is 10.1 Å². The highest BCUT2D eigenvalue weighted by molar-refractivity contribution is 7.14. The van der Waals surface area contributed by atoms with Crippen molar-refractivity contribution in [2.24, 2.45) is 0 Å². The Morgan fingerprint density at radius 3 is 2.75 bits per heavy atom. The molecule has 12 heavy (non-hydrogen) atoms. The average Bonchev–Trinajstić information content (AvgIpc) is 2.45. The molecule has 0 saturated carbocycles. The number of thiophene rings is 1. The molecule has 0 saturated heterocycles. The van der Waals surface area contributed by atoms with Crippen LogP contribution in [0.15, 0.2) is 5.38 Å². The summed E-state index contributed by atoms with van der Waals surface area (Å²) in [5, 5.41) is 5.81. The van der Waals surface area contributed by atoms with E-state index in [4.69, 9.17) is 0 Å². The zero-order valence-corrected chi connectivity index (χ0v) is 8.12. The molecular formula is C8H11NO2S. The first kappa shape index (κ1) is 9.06. The molecule has 0 spiro atoms. The van der Waals surface area contributed by atoms with Gasteiger partial charge in [-0.3, -0.25) is 0 Å². The summed E-state index contributed by atoms with van der Waals surface area (Å²) >= 11 is 1.51. The largest absolute Gasteiger partial charge is 0.465 e. The monoisotopic (exact) mass is 185 g/mol. The summed E-state index contributed by atoms with van der Waals surface area (Å²) in [6.07, 6.45) is 0. The first-order chi connectivity index (χ1) is 5.70. The molecule has 1 N–H and O–H groups in total. The number of hydrogen-bond acceptors (Lipinski definition) is 4. The van der Waals surface area contributed by atoms with Gasteiger partial charge in [0.1, 0.15) is 0 Å². The summed E-state index contributed by atoms with van der Waals surface area (Å²) < 4.78 is 4.61. The molecule has 0 aromatic carbocycles. The van der Waals surface area contributed by atoms with Crippen molar-refractivity contribution in [3.05, 3.63) is 16.5 Å². The molecule has 1 rings (SSSR count). The van der Waals surface area contributed by atoms with Crippen molar-refractivity contribution in [1.29, 1.82) is 0 Å². The maximum absolute atomic E-state index is 11.1. The van der Waals surface area contributed by atoms with Crippen LogP contribution in [0.3, 0.4) is 0 Å². The molecule has 1 aromatic rings. The molecule has 0 aliphatic rings. The first-order valence-electron chi connectivity index (χ1n) is 3.54. The Morgan fingerprint density at radius 1 is 1.67 bits per heavy atom. The standard InChI is InChI=1S/C8H11NO2S/c1-5-6(8(10)11-3)4-12-7(5)9-2/h4,9H,1-3H3. The van der Waals surface area contributed by atoms with Crippen molar-refractivity contribution in [1.82, 2.24) is 0 Å². The second-order valence-electron chi connectivity index (χ2n) is 2.35. The number of esters is 1. The van der Waals surface area contributed by atoms with E-state index < -0.39 is 0 Å². The van der Waals surface area contributed by atoms with Crippen molar-refractivity contribution in [3.8, 4) is 0 Å². The summed E-state index contributed by atoms with van der Waals surface area (Å²) in [4.78, 5) is 11.1. The van der Waals surface area contributed by atoms with Crippen LogP contribution in [0.2, 0.25) is 0 Å². The molecule has 0 aliphatic heterocycles. The van der Waals surface area contributed by atoms with Crippen molar-refractivity contribution in [2.45, 2.75) is 6.92 Å². The van der Waals surface area contributed by atoms with Gasteiger partial charge in [-0.2, -0.15) is 0 Å². The lowest BCUT2D eigenvalue weighted by molar-refractivity contribution is 0.0600. The molecule has 0 unspecified atom stereocenters. The summed E-state index contributed by atoms with van der Waals surface area (Å²) in [6.45, 7) is 1.90. The number of anilines is 1. The molecule has 4 heteroatoms. The average molecular weight is 185 g/mol. The fourth-order valence-electron chi connectivity index (χ4n) is 0.975. The van der Waals surface area contributed by atoms with Crippen LogP contribution >= 0.6 is 11.3 Å². The van der Waals surface area contributed by atoms with Gasteiger partial charge in [-0.05, 0) is 12.5 Å². The Hall–Kier alpha value is -1.03. The number of nitrogens with one attached hydrogen (secondary N) is 1. The number of carbonyl (C=O) groups excluding carboxylic acids is 1. The van der Waals surface area contributed by atoms with E-state index in [-0.39, 0.29) is 5.97 Å². The molecule has 0 amide bonds. The highest BCUT2D eigenvalue weighted by Gasteiger charge is 2.13. The van der Waals surface area contributed by atoms with Crippen LogP contribution in [-0.4, -0.2) is 20.1 Å². The molecular weight excluding hydrogens is 174 g/mol. The zero-order valence-electron chi connectivity index (χ0n) is 7.30. The molecule has 66 valence electrons. The minimum Gasteiger partial charge on any atom is -0.465 e. The third-order valence-corrected chi connectivity index (χ3v) is 2.77. The van der Waals surface area contributed by atoms with Gasteiger partial charge in [0.25, 0.3) is 0 Å². The summed E-state index contributed by atoms with van der Waals surface area (Å²) in [7, 11) is 3.22. The normalized spacial score (nSPS) is 9.58. The van der Waals surface area contributed by atoms with Gasteiger partial charge >= 0.3 is 5.97 Å². The summed E-state index contributed by atoms with van der Waals surface area (Å²) in [5.74, 6) is -0.273. The van der Waals surface area contributed by atoms with E-state index in [9.17, 15) is 4.79 Å². The van der Waals surface area contributed by atoms with Gasteiger partial charge in [0.15, 0.2) is 0 Å². The zero-order chi connectivity index (χ0) is 9.14. The van der Waals surface area contributed by atoms with Gasteiger partial charge in [-0.25, -0.2) is 4.79 Å². The van der Waals surface area contributed by atoms with E-state index >= 15 is 0 Å². The predicted octanol–water partition coefficient (Wildman–Crippen LogP) is 1.88. The van der Waals surface area contributed by atoms with Crippen molar-refractivity contribution in [3.63, 3.8) is 0 Å². The highest BCUT2D eigenvalue weighted by Crippen LogP contribution is 2.26. The van der Waals surface area contributed by atoms with E-state index in [1.165, 1.54) is 18.4 Å². The molecule has 0 atom stereocenters. The van der Waals surface area contributed by atoms with E-state index in [0.717, 1.165) is 10.6 Å². The van der Waals surface area contributed by atoms with Crippen LogP contribution in [0.25, 0.3) is 0 Å². The van der Waals surface area contributed by atoms with Crippen molar-refractivity contribution < 1.29 is 9.53 Å². The number of hydrogen-bond donors (Lipinski definition) is 1. The van der Waals surface area contributed by atoms with Gasteiger partial charge in [-0.1, -0.05) is 0 Å². The van der Waals surface area contributed by atoms with Gasteiger partial charge < -0.3 is 10.1 Å². The highest BCUT2D eigenvalue weighted by atomic mass is 32.1. The summed E-state index contributed by atoms with van der Waals surface area (Å²) in [5.41, 5.74) is 1.60. The number of ether oxygens (including phenoxy) is 1. The quantitative estimate of drug-likeness (QED) is 0.715. The minimum absolute atomic E-state index is 0.273. The minimum atomic E-state index is -0.273. The third-order valence-electron chi connectivity index (χ3n) is 1.67. The van der Waals surface area contributed by atoms with Gasteiger partial charge in [0.05, 0.1) is 17.7 Å². The Bertz CT molecular complexity index is 293. The van der Waals surface area contributed by atoms with Crippen LogP contribution in [0.1, 0.15) is 15.9 Å². The molecule has 0 fully saturated rings. The second-order valence-corrected chi connectivity index (χ2v) is 3.22. The number of carbonyl (C=O) groups is 1. The van der Waals surface area contributed by atoms with Gasteiger partial charge in [-0.15, -0.1) is 11.3 Å².